The van der Waals surface area contributed by atoms with Crippen LogP contribution >= 0.6 is 7.37 Å². The van der Waals surface area contributed by atoms with Gasteiger partial charge < -0.3 is 10.3 Å². The van der Waals surface area contributed by atoms with Crippen LogP contribution in [-0.2, 0) is 9.98 Å². The number of hydrogen-bond acceptors (Lipinski definition) is 3. The van der Waals surface area contributed by atoms with Gasteiger partial charge in [0.1, 0.15) is 5.75 Å². The van der Waals surface area contributed by atoms with Gasteiger partial charge in [0, 0.05) is 5.69 Å². The molecule has 3 nitrogen and oxygen atoms in total. The van der Waals surface area contributed by atoms with Crippen molar-refractivity contribution in [2.24, 2.45) is 0 Å². The first-order chi connectivity index (χ1) is 12.3. The Morgan fingerprint density at radius 1 is 0.808 bits per heavy atom. The molecule has 0 heterocycles. The van der Waals surface area contributed by atoms with Crippen LogP contribution < -0.4 is 20.9 Å². The highest BCUT2D eigenvalue weighted by atomic mass is 31.2. The SMILES string of the molecule is CC(C)(C)c1cc(OP(=O)(c2ccccc2)c2ccccc2)ccc1N. The largest absolute Gasteiger partial charge is 0.437 e. The molecule has 2 N–H and O–H groups in total. The van der Waals surface area contributed by atoms with Crippen molar-refractivity contribution in [1.29, 1.82) is 0 Å². The summed E-state index contributed by atoms with van der Waals surface area (Å²) in [7, 11) is -3.27. The van der Waals surface area contributed by atoms with Gasteiger partial charge in [0.15, 0.2) is 0 Å². The molecule has 0 aliphatic carbocycles. The lowest BCUT2D eigenvalue weighted by atomic mass is 9.86. The minimum atomic E-state index is -3.27. The van der Waals surface area contributed by atoms with E-state index in [4.69, 9.17) is 10.3 Å². The summed E-state index contributed by atoms with van der Waals surface area (Å²) >= 11 is 0. The molecule has 0 amide bonds. The fraction of sp³-hybridized carbons (Fsp3) is 0.182. The van der Waals surface area contributed by atoms with E-state index in [1.165, 1.54) is 0 Å². The van der Waals surface area contributed by atoms with Crippen molar-refractivity contribution < 1.29 is 9.09 Å². The summed E-state index contributed by atoms with van der Waals surface area (Å²) in [5, 5.41) is 1.33. The summed E-state index contributed by atoms with van der Waals surface area (Å²) in [5.74, 6) is 0.556. The molecule has 0 spiro atoms. The zero-order valence-electron chi connectivity index (χ0n) is 15.3. The molecule has 0 bridgehead atoms. The second kappa shape index (κ2) is 7.01. The zero-order valence-corrected chi connectivity index (χ0v) is 16.2. The van der Waals surface area contributed by atoms with Gasteiger partial charge in [0.25, 0.3) is 0 Å². The van der Waals surface area contributed by atoms with E-state index in [-0.39, 0.29) is 5.41 Å². The van der Waals surface area contributed by atoms with Crippen molar-refractivity contribution in [3.63, 3.8) is 0 Å². The molecule has 0 unspecified atom stereocenters. The van der Waals surface area contributed by atoms with Crippen LogP contribution in [0.3, 0.4) is 0 Å². The van der Waals surface area contributed by atoms with E-state index >= 15 is 0 Å². The average molecular weight is 365 g/mol. The molecule has 134 valence electrons. The van der Waals surface area contributed by atoms with Crippen molar-refractivity contribution in [3.05, 3.63) is 84.4 Å². The standard InChI is InChI=1S/C22H24NO2P/c1-22(2,3)20-16-17(14-15-21(20)23)25-26(24,18-10-6-4-7-11-18)19-12-8-5-9-13-19/h4-16H,23H2,1-3H3. The Labute approximate surface area is 155 Å². The quantitative estimate of drug-likeness (QED) is 0.530. The van der Waals surface area contributed by atoms with E-state index < -0.39 is 7.37 Å². The van der Waals surface area contributed by atoms with Crippen LogP contribution in [0.15, 0.2) is 78.9 Å². The molecule has 0 fully saturated rings. The number of rotatable bonds is 4. The van der Waals surface area contributed by atoms with Crippen molar-refractivity contribution in [2.75, 3.05) is 5.73 Å². The van der Waals surface area contributed by atoms with E-state index in [0.717, 1.165) is 5.56 Å². The highest BCUT2D eigenvalue weighted by molar-refractivity contribution is 7.74. The molecule has 26 heavy (non-hydrogen) atoms. The average Bonchev–Trinajstić information content (AvgIpc) is 2.64. The maximum absolute atomic E-state index is 14.0. The van der Waals surface area contributed by atoms with Gasteiger partial charge in [-0.1, -0.05) is 57.2 Å². The fourth-order valence-electron chi connectivity index (χ4n) is 2.89. The van der Waals surface area contributed by atoms with Crippen LogP contribution in [-0.4, -0.2) is 0 Å². The second-order valence-corrected chi connectivity index (χ2v) is 9.63. The van der Waals surface area contributed by atoms with Gasteiger partial charge in [0.2, 0.25) is 0 Å². The Bertz CT molecular complexity index is 888. The molecule has 0 atom stereocenters. The highest BCUT2D eigenvalue weighted by Crippen LogP contribution is 2.46. The highest BCUT2D eigenvalue weighted by Gasteiger charge is 2.30. The van der Waals surface area contributed by atoms with Gasteiger partial charge in [-0.3, -0.25) is 4.57 Å². The monoisotopic (exact) mass is 365 g/mol. The summed E-state index contributed by atoms with van der Waals surface area (Å²) in [6.45, 7) is 6.28. The molecule has 0 aromatic heterocycles. The number of nitrogen functional groups attached to an aromatic ring is 1. The molecule has 0 saturated carbocycles. The molecule has 0 radical (unpaired) electrons. The smallest absolute Gasteiger partial charge is 0.306 e. The zero-order chi connectivity index (χ0) is 18.8. The Kier molecular flexibility index (Phi) is 4.93. The predicted octanol–water partition coefficient (Wildman–Crippen LogP) is 4.87. The normalized spacial score (nSPS) is 12.0. The Morgan fingerprint density at radius 3 is 1.77 bits per heavy atom. The van der Waals surface area contributed by atoms with E-state index in [1.54, 1.807) is 6.07 Å². The predicted molar refractivity (Wildman–Crippen MR) is 110 cm³/mol. The first-order valence-corrected chi connectivity index (χ1v) is 10.2. The summed E-state index contributed by atoms with van der Waals surface area (Å²) in [4.78, 5) is 0. The number of hydrogen-bond donors (Lipinski definition) is 1. The van der Waals surface area contributed by atoms with Crippen LogP contribution in [0, 0.1) is 0 Å². The first kappa shape index (κ1) is 18.3. The number of nitrogens with two attached hydrogens (primary N) is 1. The lowest BCUT2D eigenvalue weighted by Crippen LogP contribution is -2.20. The Morgan fingerprint density at radius 2 is 1.31 bits per heavy atom. The van der Waals surface area contributed by atoms with Crippen LogP contribution in [0.5, 0.6) is 5.75 Å². The number of benzene rings is 3. The third-order valence-electron chi connectivity index (χ3n) is 4.26. The van der Waals surface area contributed by atoms with Crippen molar-refractivity contribution in [1.82, 2.24) is 0 Å². The first-order valence-electron chi connectivity index (χ1n) is 8.61. The summed E-state index contributed by atoms with van der Waals surface area (Å²) in [5.41, 5.74) is 7.69. The molecule has 3 rings (SSSR count). The molecule has 0 aliphatic rings. The minimum absolute atomic E-state index is 0.132. The van der Waals surface area contributed by atoms with Gasteiger partial charge >= 0.3 is 7.37 Å². The summed E-state index contributed by atoms with van der Waals surface area (Å²) in [6.07, 6.45) is 0. The van der Waals surface area contributed by atoms with E-state index in [9.17, 15) is 4.57 Å². The molecule has 0 aliphatic heterocycles. The van der Waals surface area contributed by atoms with E-state index in [1.807, 2.05) is 72.8 Å². The van der Waals surface area contributed by atoms with E-state index in [2.05, 4.69) is 20.8 Å². The number of anilines is 1. The third kappa shape index (κ3) is 3.68. The molecule has 0 saturated heterocycles. The maximum atomic E-state index is 14.0. The molecule has 4 heteroatoms. The van der Waals surface area contributed by atoms with Crippen LogP contribution in [0.25, 0.3) is 0 Å². The molecule has 3 aromatic carbocycles. The van der Waals surface area contributed by atoms with Gasteiger partial charge in [-0.2, -0.15) is 0 Å². The Hall–Kier alpha value is -2.51. The fourth-order valence-corrected chi connectivity index (χ4v) is 4.94. The summed E-state index contributed by atoms with van der Waals surface area (Å²) in [6, 6.07) is 24.2. The van der Waals surface area contributed by atoms with Crippen LogP contribution in [0.1, 0.15) is 26.3 Å². The molecule has 3 aromatic rings. The molecular formula is C22H24NO2P. The lowest BCUT2D eigenvalue weighted by Gasteiger charge is -2.24. The van der Waals surface area contributed by atoms with Crippen molar-refractivity contribution in [3.8, 4) is 5.75 Å². The van der Waals surface area contributed by atoms with E-state index in [0.29, 0.717) is 22.0 Å². The van der Waals surface area contributed by atoms with Gasteiger partial charge in [-0.25, -0.2) is 0 Å². The Balaban J connectivity index is 2.10. The maximum Gasteiger partial charge on any atom is 0.306 e. The topological polar surface area (TPSA) is 52.3 Å². The van der Waals surface area contributed by atoms with Gasteiger partial charge in [0.05, 0.1) is 10.6 Å². The summed E-state index contributed by atoms with van der Waals surface area (Å²) < 4.78 is 20.1. The third-order valence-corrected chi connectivity index (χ3v) is 6.68. The van der Waals surface area contributed by atoms with Crippen molar-refractivity contribution >= 4 is 23.7 Å². The van der Waals surface area contributed by atoms with Crippen LogP contribution in [0.2, 0.25) is 0 Å². The van der Waals surface area contributed by atoms with Gasteiger partial charge in [-0.15, -0.1) is 0 Å². The minimum Gasteiger partial charge on any atom is -0.437 e. The van der Waals surface area contributed by atoms with Gasteiger partial charge in [-0.05, 0) is 53.4 Å². The van der Waals surface area contributed by atoms with Crippen LogP contribution in [0.4, 0.5) is 5.69 Å². The lowest BCUT2D eigenvalue weighted by molar-refractivity contribution is 0.500. The van der Waals surface area contributed by atoms with Crippen molar-refractivity contribution in [2.45, 2.75) is 26.2 Å². The molecular weight excluding hydrogens is 341 g/mol. The second-order valence-electron chi connectivity index (χ2n) is 7.31.